The Labute approximate surface area is 484 Å². The lowest BCUT2D eigenvalue weighted by molar-refractivity contribution is -0.301. The Morgan fingerprint density at radius 1 is 0.405 bits per heavy atom. The number of unbranched alkanes of at least 4 members (excludes halogenated alkanes) is 43. The minimum absolute atomic E-state index is 0.0689. The van der Waals surface area contributed by atoms with Crippen molar-refractivity contribution in [2.24, 2.45) is 0 Å². The molecule has 1 fully saturated rings. The first-order valence-corrected chi connectivity index (χ1v) is 33.7. The van der Waals surface area contributed by atoms with Crippen LogP contribution in [-0.4, -0.2) is 89.2 Å². The third-order valence-electron chi connectivity index (χ3n) is 15.8. The van der Waals surface area contributed by atoms with Gasteiger partial charge >= 0.3 is 23.9 Å². The van der Waals surface area contributed by atoms with E-state index in [0.29, 0.717) is 19.3 Å². The molecular weight excluding hydrogens is 997 g/mol. The van der Waals surface area contributed by atoms with E-state index in [1.54, 1.807) is 0 Å². The number of carbonyl (C=O) groups is 4. The summed E-state index contributed by atoms with van der Waals surface area (Å²) in [5, 5.41) is 31.6. The van der Waals surface area contributed by atoms with E-state index in [2.05, 4.69) is 32.9 Å². The van der Waals surface area contributed by atoms with Crippen molar-refractivity contribution in [1.82, 2.24) is 0 Å². The van der Waals surface area contributed by atoms with Crippen LogP contribution in [0.3, 0.4) is 0 Å². The maximum absolute atomic E-state index is 13.2. The fourth-order valence-electron chi connectivity index (χ4n) is 10.7. The maximum Gasteiger partial charge on any atom is 0.335 e. The molecule has 0 aromatic carbocycles. The second kappa shape index (κ2) is 56.0. The van der Waals surface area contributed by atoms with Gasteiger partial charge in [-0.25, -0.2) is 4.79 Å². The van der Waals surface area contributed by atoms with Crippen LogP contribution >= 0.6 is 0 Å². The van der Waals surface area contributed by atoms with Gasteiger partial charge in [-0.3, -0.25) is 14.4 Å². The molecule has 3 N–H and O–H groups in total. The van der Waals surface area contributed by atoms with E-state index in [9.17, 15) is 34.5 Å². The van der Waals surface area contributed by atoms with Crippen molar-refractivity contribution in [2.45, 2.75) is 379 Å². The summed E-state index contributed by atoms with van der Waals surface area (Å²) in [6.07, 6.45) is 51.7. The zero-order valence-corrected chi connectivity index (χ0v) is 51.4. The van der Waals surface area contributed by atoms with Crippen LogP contribution in [0.25, 0.3) is 0 Å². The number of aliphatic hydroxyl groups excluding tert-OH is 2. The van der Waals surface area contributed by atoms with E-state index < -0.39 is 67.3 Å². The first-order chi connectivity index (χ1) is 38.6. The largest absolute Gasteiger partial charge is 0.479 e. The van der Waals surface area contributed by atoms with Crippen molar-refractivity contribution in [2.75, 3.05) is 13.2 Å². The Balaban J connectivity index is 2.62. The van der Waals surface area contributed by atoms with E-state index >= 15 is 0 Å². The Kier molecular flexibility index (Phi) is 52.8. The molecule has 1 heterocycles. The molecule has 0 aliphatic carbocycles. The van der Waals surface area contributed by atoms with Crippen molar-refractivity contribution in [3.05, 3.63) is 12.2 Å². The Hall–Kier alpha value is -2.54. The van der Waals surface area contributed by atoms with Crippen molar-refractivity contribution < 1.29 is 58.2 Å². The lowest BCUT2D eigenvalue weighted by Crippen LogP contribution is -2.61. The minimum Gasteiger partial charge on any atom is -0.479 e. The van der Waals surface area contributed by atoms with Crippen LogP contribution in [0.5, 0.6) is 0 Å². The molecule has 0 amide bonds. The minimum atomic E-state index is -1.90. The van der Waals surface area contributed by atoms with Crippen LogP contribution in [0.1, 0.15) is 342 Å². The molecule has 1 saturated heterocycles. The van der Waals surface area contributed by atoms with Crippen molar-refractivity contribution >= 4 is 23.9 Å². The second-order valence-corrected chi connectivity index (χ2v) is 23.5. The summed E-state index contributed by atoms with van der Waals surface area (Å²) < 4.78 is 28.6. The zero-order chi connectivity index (χ0) is 57.5. The number of aliphatic hydroxyl groups is 2. The van der Waals surface area contributed by atoms with Crippen molar-refractivity contribution in [3.8, 4) is 0 Å². The molecule has 0 aromatic rings. The molecular formula is C67H124O12. The number of ether oxygens (including phenoxy) is 5. The molecule has 0 radical (unpaired) electrons. The number of carboxylic acid groups (broad SMARTS) is 1. The van der Waals surface area contributed by atoms with E-state index in [0.717, 1.165) is 77.0 Å². The Morgan fingerprint density at radius 2 is 0.722 bits per heavy atom. The standard InChI is InChI=1S/C67H124O12/c1-4-7-10-13-16-19-22-25-28-29-30-31-34-37-40-43-46-49-52-55-61(70)78-65-63(72)62(71)64(66(73)74)79-67(65)76-57-58(77-60(69)54-51-48-45-42-39-36-33-27-24-21-18-15-12-9-6-3)56-75-59(68)53-50-47-44-41-38-35-32-26-23-20-17-14-11-8-5-2/h26,32,58,62-65,67,71-72H,4-25,27-31,33-57H2,1-3H3,(H,73,74)/b32-26-. The number of carbonyl (C=O) groups excluding carboxylic acids is 3. The summed E-state index contributed by atoms with van der Waals surface area (Å²) in [5.74, 6) is -3.08. The van der Waals surface area contributed by atoms with E-state index in [1.165, 1.54) is 205 Å². The van der Waals surface area contributed by atoms with Gasteiger partial charge in [0.1, 0.15) is 18.8 Å². The molecule has 12 nitrogen and oxygen atoms in total. The topological polar surface area (TPSA) is 175 Å². The van der Waals surface area contributed by atoms with Gasteiger partial charge in [-0.1, -0.05) is 290 Å². The van der Waals surface area contributed by atoms with Gasteiger partial charge in [-0.15, -0.1) is 0 Å². The summed E-state index contributed by atoms with van der Waals surface area (Å²) >= 11 is 0. The zero-order valence-electron chi connectivity index (χ0n) is 51.4. The molecule has 0 spiro atoms. The number of hydrogen-bond acceptors (Lipinski definition) is 11. The van der Waals surface area contributed by atoms with Gasteiger partial charge in [0.2, 0.25) is 0 Å². The first kappa shape index (κ1) is 74.5. The predicted molar refractivity (Wildman–Crippen MR) is 322 cm³/mol. The summed E-state index contributed by atoms with van der Waals surface area (Å²) in [7, 11) is 0. The number of allylic oxidation sites excluding steroid dienone is 2. The first-order valence-electron chi connectivity index (χ1n) is 33.7. The third-order valence-corrected chi connectivity index (χ3v) is 15.8. The van der Waals surface area contributed by atoms with Gasteiger partial charge in [0.25, 0.3) is 0 Å². The van der Waals surface area contributed by atoms with Gasteiger partial charge < -0.3 is 39.0 Å². The smallest absolute Gasteiger partial charge is 0.335 e. The number of esters is 3. The highest BCUT2D eigenvalue weighted by molar-refractivity contribution is 5.74. The van der Waals surface area contributed by atoms with Gasteiger partial charge in [-0.2, -0.15) is 0 Å². The fourth-order valence-corrected chi connectivity index (χ4v) is 10.7. The third kappa shape index (κ3) is 45.6. The van der Waals surface area contributed by atoms with E-state index in [4.69, 9.17) is 23.7 Å². The van der Waals surface area contributed by atoms with Crippen LogP contribution in [0.4, 0.5) is 0 Å². The highest BCUT2D eigenvalue weighted by Gasteiger charge is 2.50. The number of carboxylic acids is 1. The summed E-state index contributed by atoms with van der Waals surface area (Å²) in [6, 6.07) is 0. The molecule has 6 atom stereocenters. The van der Waals surface area contributed by atoms with Gasteiger partial charge in [0.15, 0.2) is 24.6 Å². The average molecular weight is 1120 g/mol. The lowest BCUT2D eigenvalue weighted by atomic mass is 9.98. The molecule has 1 aliphatic rings. The number of hydrogen-bond donors (Lipinski definition) is 3. The van der Waals surface area contributed by atoms with Crippen LogP contribution in [0.15, 0.2) is 12.2 Å². The molecule has 1 rings (SSSR count). The molecule has 12 heteroatoms. The summed E-state index contributed by atoms with van der Waals surface area (Å²) in [4.78, 5) is 51.3. The van der Waals surface area contributed by atoms with Crippen LogP contribution < -0.4 is 0 Å². The summed E-state index contributed by atoms with van der Waals surface area (Å²) in [5.41, 5.74) is 0. The molecule has 1 aliphatic heterocycles. The maximum atomic E-state index is 13.2. The number of rotatable bonds is 59. The van der Waals surface area contributed by atoms with Gasteiger partial charge in [0.05, 0.1) is 6.61 Å². The SMILES string of the molecule is CCCCCCCC/C=C\CCCCCCCC(=O)OCC(COC1OC(C(=O)O)C(O)C(O)C1OC(=O)CCCCCCCCCCCCCCCCCCCCC)OC(=O)CCCCCCCCCCCCCCCCC. The monoisotopic (exact) mass is 1120 g/mol. The molecule has 464 valence electrons. The van der Waals surface area contributed by atoms with E-state index in [1.807, 2.05) is 0 Å². The summed E-state index contributed by atoms with van der Waals surface area (Å²) in [6.45, 7) is 6.05. The molecule has 6 unspecified atom stereocenters. The van der Waals surface area contributed by atoms with Gasteiger partial charge in [0, 0.05) is 19.3 Å². The highest BCUT2D eigenvalue weighted by Crippen LogP contribution is 2.27. The molecule has 0 saturated carbocycles. The molecule has 0 aromatic heterocycles. The van der Waals surface area contributed by atoms with Crippen molar-refractivity contribution in [3.63, 3.8) is 0 Å². The Bertz CT molecular complexity index is 1420. The van der Waals surface area contributed by atoms with Gasteiger partial charge in [-0.05, 0) is 44.9 Å². The Morgan fingerprint density at radius 3 is 1.08 bits per heavy atom. The highest BCUT2D eigenvalue weighted by atomic mass is 16.7. The second-order valence-electron chi connectivity index (χ2n) is 23.5. The van der Waals surface area contributed by atoms with Crippen LogP contribution in [0.2, 0.25) is 0 Å². The molecule has 79 heavy (non-hydrogen) atoms. The van der Waals surface area contributed by atoms with E-state index in [-0.39, 0.29) is 25.9 Å². The van der Waals surface area contributed by atoms with Crippen LogP contribution in [0, 0.1) is 0 Å². The van der Waals surface area contributed by atoms with Crippen LogP contribution in [-0.2, 0) is 42.9 Å². The normalized spacial score (nSPS) is 17.8. The van der Waals surface area contributed by atoms with Crippen molar-refractivity contribution in [1.29, 1.82) is 0 Å². The predicted octanol–water partition coefficient (Wildman–Crippen LogP) is 18.0. The lowest BCUT2D eigenvalue weighted by Gasteiger charge is -2.40. The molecule has 0 bridgehead atoms. The quantitative estimate of drug-likeness (QED) is 0.0228. The number of aliphatic carboxylic acids is 1. The fraction of sp³-hybridized carbons (Fsp3) is 0.910. The average Bonchev–Trinajstić information content (AvgIpc) is 3.46.